The molecule has 21 heavy (non-hydrogen) atoms. The van der Waals surface area contributed by atoms with E-state index in [1.807, 2.05) is 42.5 Å². The molecule has 0 saturated heterocycles. The lowest BCUT2D eigenvalue weighted by Crippen LogP contribution is -2.21. The fourth-order valence-electron chi connectivity index (χ4n) is 2.20. The van der Waals surface area contributed by atoms with Crippen molar-refractivity contribution in [1.82, 2.24) is 5.32 Å². The number of nitrogens with one attached hydrogen (secondary N) is 1. The van der Waals surface area contributed by atoms with Crippen LogP contribution in [0, 0.1) is 0 Å². The molecular formula is C16H11NO2S2. The molecule has 1 heterocycles. The molecule has 5 heteroatoms. The summed E-state index contributed by atoms with van der Waals surface area (Å²) in [6, 6.07) is 13.3. The number of imide groups is 1. The Morgan fingerprint density at radius 2 is 1.52 bits per heavy atom. The van der Waals surface area contributed by atoms with Gasteiger partial charge >= 0.3 is 0 Å². The van der Waals surface area contributed by atoms with Crippen LogP contribution in [0.4, 0.5) is 0 Å². The van der Waals surface area contributed by atoms with Gasteiger partial charge in [0.2, 0.25) is 0 Å². The number of hydrogen-bond donors (Lipinski definition) is 3. The molecule has 2 aromatic carbocycles. The lowest BCUT2D eigenvalue weighted by Gasteiger charge is -2.09. The van der Waals surface area contributed by atoms with E-state index in [0.29, 0.717) is 16.0 Å². The van der Waals surface area contributed by atoms with E-state index in [9.17, 15) is 9.59 Å². The SMILES string of the molecule is O=C1C=C(c2cc(-c3ccc(S)cc3)ccc2S)C(=O)N1. The van der Waals surface area contributed by atoms with Gasteiger partial charge in [0, 0.05) is 21.4 Å². The normalized spacial score (nSPS) is 14.1. The minimum Gasteiger partial charge on any atom is -0.289 e. The van der Waals surface area contributed by atoms with E-state index in [0.717, 1.165) is 16.0 Å². The summed E-state index contributed by atoms with van der Waals surface area (Å²) in [5, 5.41) is 2.24. The molecule has 3 rings (SSSR count). The highest BCUT2D eigenvalue weighted by atomic mass is 32.1. The number of amides is 2. The van der Waals surface area contributed by atoms with Gasteiger partial charge in [-0.3, -0.25) is 14.9 Å². The van der Waals surface area contributed by atoms with Crippen LogP contribution in [0.3, 0.4) is 0 Å². The average Bonchev–Trinajstić information content (AvgIpc) is 2.79. The first kappa shape index (κ1) is 14.0. The Hall–Kier alpha value is -1.98. The van der Waals surface area contributed by atoms with Gasteiger partial charge in [-0.1, -0.05) is 18.2 Å². The van der Waals surface area contributed by atoms with Crippen molar-refractivity contribution in [1.29, 1.82) is 0 Å². The van der Waals surface area contributed by atoms with Crippen LogP contribution in [0.1, 0.15) is 5.56 Å². The van der Waals surface area contributed by atoms with Crippen molar-refractivity contribution in [3.8, 4) is 11.1 Å². The third-order valence-electron chi connectivity index (χ3n) is 3.24. The fourth-order valence-corrected chi connectivity index (χ4v) is 2.61. The molecule has 0 aromatic heterocycles. The minimum atomic E-state index is -0.396. The maximum absolute atomic E-state index is 11.8. The largest absolute Gasteiger partial charge is 0.289 e. The zero-order valence-electron chi connectivity index (χ0n) is 10.8. The van der Waals surface area contributed by atoms with Gasteiger partial charge in [0.1, 0.15) is 0 Å². The highest BCUT2D eigenvalue weighted by molar-refractivity contribution is 7.80. The first-order valence-corrected chi connectivity index (χ1v) is 7.14. The molecule has 0 bridgehead atoms. The molecule has 0 unspecified atom stereocenters. The molecule has 0 fully saturated rings. The van der Waals surface area contributed by atoms with Crippen molar-refractivity contribution in [3.05, 3.63) is 54.1 Å². The molecule has 1 aliphatic rings. The van der Waals surface area contributed by atoms with Crippen molar-refractivity contribution in [2.45, 2.75) is 9.79 Å². The Morgan fingerprint density at radius 1 is 0.857 bits per heavy atom. The van der Waals surface area contributed by atoms with Crippen LogP contribution in [0.25, 0.3) is 16.7 Å². The van der Waals surface area contributed by atoms with Gasteiger partial charge < -0.3 is 0 Å². The second-order valence-corrected chi connectivity index (χ2v) is 5.65. The summed E-state index contributed by atoms with van der Waals surface area (Å²) in [4.78, 5) is 24.6. The standard InChI is InChI=1S/C16H11NO2S2/c18-15-8-13(16(19)17-15)12-7-10(3-6-14(12)21)9-1-4-11(20)5-2-9/h1-8,20-21H,(H,17,18,19). The van der Waals surface area contributed by atoms with E-state index in [1.54, 1.807) is 0 Å². The molecule has 0 spiro atoms. The minimum absolute atomic E-state index is 0.345. The van der Waals surface area contributed by atoms with E-state index >= 15 is 0 Å². The third-order valence-corrected chi connectivity index (χ3v) is 3.93. The Kier molecular flexibility index (Phi) is 3.61. The van der Waals surface area contributed by atoms with Crippen molar-refractivity contribution in [2.24, 2.45) is 0 Å². The Balaban J connectivity index is 2.09. The van der Waals surface area contributed by atoms with Gasteiger partial charge in [0.05, 0.1) is 5.57 Å². The number of rotatable bonds is 2. The van der Waals surface area contributed by atoms with Crippen LogP contribution in [0.5, 0.6) is 0 Å². The second-order valence-electron chi connectivity index (χ2n) is 4.66. The van der Waals surface area contributed by atoms with Crippen LogP contribution in [0.15, 0.2) is 58.3 Å². The van der Waals surface area contributed by atoms with Gasteiger partial charge in [-0.15, -0.1) is 25.3 Å². The van der Waals surface area contributed by atoms with Gasteiger partial charge in [-0.2, -0.15) is 0 Å². The zero-order valence-corrected chi connectivity index (χ0v) is 12.6. The molecule has 0 aliphatic carbocycles. The van der Waals surface area contributed by atoms with E-state index in [1.165, 1.54) is 6.08 Å². The molecule has 0 atom stereocenters. The molecule has 0 radical (unpaired) electrons. The lowest BCUT2D eigenvalue weighted by molar-refractivity contribution is -0.123. The summed E-state index contributed by atoms with van der Waals surface area (Å²) in [5.41, 5.74) is 2.95. The molecular weight excluding hydrogens is 302 g/mol. The summed E-state index contributed by atoms with van der Waals surface area (Å²) in [6.07, 6.45) is 1.30. The molecule has 1 N–H and O–H groups in total. The zero-order chi connectivity index (χ0) is 15.0. The topological polar surface area (TPSA) is 46.2 Å². The Labute approximate surface area is 132 Å². The van der Waals surface area contributed by atoms with Gasteiger partial charge in [0.25, 0.3) is 11.8 Å². The molecule has 2 aromatic rings. The number of carbonyl (C=O) groups excluding carboxylic acids is 2. The predicted octanol–water partition coefficient (Wildman–Crippen LogP) is 2.97. The fraction of sp³-hybridized carbons (Fsp3) is 0. The third kappa shape index (κ3) is 2.75. The highest BCUT2D eigenvalue weighted by Crippen LogP contribution is 2.30. The molecule has 104 valence electrons. The first-order valence-electron chi connectivity index (χ1n) is 6.24. The Morgan fingerprint density at radius 3 is 2.14 bits per heavy atom. The van der Waals surface area contributed by atoms with Gasteiger partial charge in [-0.05, 0) is 35.4 Å². The molecule has 1 aliphatic heterocycles. The van der Waals surface area contributed by atoms with E-state index in [-0.39, 0.29) is 0 Å². The van der Waals surface area contributed by atoms with Crippen molar-refractivity contribution in [2.75, 3.05) is 0 Å². The molecule has 2 amide bonds. The maximum atomic E-state index is 11.8. The van der Waals surface area contributed by atoms with E-state index in [2.05, 4.69) is 30.6 Å². The predicted molar refractivity (Wildman–Crippen MR) is 87.5 cm³/mol. The maximum Gasteiger partial charge on any atom is 0.258 e. The summed E-state index contributed by atoms with van der Waals surface area (Å²) in [6.45, 7) is 0. The van der Waals surface area contributed by atoms with Crippen molar-refractivity contribution < 1.29 is 9.59 Å². The number of thiol groups is 2. The summed E-state index contributed by atoms with van der Waals surface area (Å²) < 4.78 is 0. The Bertz CT molecular complexity index is 779. The monoisotopic (exact) mass is 313 g/mol. The van der Waals surface area contributed by atoms with Crippen LogP contribution in [-0.4, -0.2) is 11.8 Å². The van der Waals surface area contributed by atoms with Crippen molar-refractivity contribution in [3.63, 3.8) is 0 Å². The summed E-state index contributed by atoms with van der Waals surface area (Å²) in [7, 11) is 0. The van der Waals surface area contributed by atoms with Gasteiger partial charge in [0.15, 0.2) is 0 Å². The number of carbonyl (C=O) groups is 2. The lowest BCUT2D eigenvalue weighted by atomic mass is 9.99. The smallest absolute Gasteiger partial charge is 0.258 e. The highest BCUT2D eigenvalue weighted by Gasteiger charge is 2.23. The number of benzene rings is 2. The number of hydrogen-bond acceptors (Lipinski definition) is 4. The van der Waals surface area contributed by atoms with Crippen LogP contribution < -0.4 is 5.32 Å². The van der Waals surface area contributed by atoms with Crippen LogP contribution in [-0.2, 0) is 9.59 Å². The van der Waals surface area contributed by atoms with E-state index in [4.69, 9.17) is 0 Å². The van der Waals surface area contributed by atoms with E-state index < -0.39 is 11.8 Å². The van der Waals surface area contributed by atoms with Crippen LogP contribution in [0.2, 0.25) is 0 Å². The average molecular weight is 313 g/mol. The van der Waals surface area contributed by atoms with Crippen molar-refractivity contribution >= 4 is 42.6 Å². The quantitative estimate of drug-likeness (QED) is 0.589. The molecule has 3 nitrogen and oxygen atoms in total. The first-order chi connectivity index (χ1) is 10.0. The summed E-state index contributed by atoms with van der Waals surface area (Å²) in [5.74, 6) is -0.786. The molecule has 0 saturated carbocycles. The second kappa shape index (κ2) is 5.42. The van der Waals surface area contributed by atoms with Gasteiger partial charge in [-0.25, -0.2) is 0 Å². The van der Waals surface area contributed by atoms with Crippen LogP contribution >= 0.6 is 25.3 Å². The summed E-state index contributed by atoms with van der Waals surface area (Å²) >= 11 is 8.64.